The van der Waals surface area contributed by atoms with E-state index in [2.05, 4.69) is 0 Å². The molecule has 68 valence electrons. The second kappa shape index (κ2) is 3.62. The molecular formula is C6H5ClF3NO. The molecule has 0 saturated carbocycles. The van der Waals surface area contributed by atoms with Crippen molar-refractivity contribution in [1.82, 2.24) is 4.98 Å². The maximum Gasteiger partial charge on any atom is 0.417 e. The third-order valence-corrected chi connectivity index (χ3v) is 1.11. The van der Waals surface area contributed by atoms with Crippen LogP contribution in [0, 0.1) is 0 Å². The number of aromatic amines is 1. The number of alkyl halides is 3. The van der Waals surface area contributed by atoms with Gasteiger partial charge in [0.1, 0.15) is 0 Å². The summed E-state index contributed by atoms with van der Waals surface area (Å²) in [5, 5.41) is 0. The maximum atomic E-state index is 11.8. The lowest BCUT2D eigenvalue weighted by molar-refractivity contribution is -0.137. The third-order valence-electron chi connectivity index (χ3n) is 1.11. The van der Waals surface area contributed by atoms with Crippen LogP contribution in [0.15, 0.2) is 23.1 Å². The Labute approximate surface area is 71.8 Å². The highest BCUT2D eigenvalue weighted by Gasteiger charge is 2.30. The molecule has 0 saturated heterocycles. The number of H-pyrrole nitrogens is 1. The SMILES string of the molecule is Cl.O=c1ccc(C(F)(F)F)c[nH]1. The molecule has 6 heteroatoms. The highest BCUT2D eigenvalue weighted by atomic mass is 35.5. The van der Waals surface area contributed by atoms with Crippen molar-refractivity contribution in [2.24, 2.45) is 0 Å². The van der Waals surface area contributed by atoms with E-state index in [1.807, 2.05) is 4.98 Å². The first-order valence-corrected chi connectivity index (χ1v) is 2.76. The minimum Gasteiger partial charge on any atom is -0.329 e. The van der Waals surface area contributed by atoms with E-state index in [0.29, 0.717) is 6.20 Å². The van der Waals surface area contributed by atoms with Gasteiger partial charge in [0.2, 0.25) is 5.56 Å². The standard InChI is InChI=1S/C6H4F3NO.ClH/c7-6(8,9)4-1-2-5(11)10-3-4;/h1-3H,(H,10,11);1H. The second-order valence-corrected chi connectivity index (χ2v) is 1.94. The summed E-state index contributed by atoms with van der Waals surface area (Å²) in [4.78, 5) is 12.3. The molecule has 12 heavy (non-hydrogen) atoms. The number of pyridine rings is 1. The van der Waals surface area contributed by atoms with Crippen molar-refractivity contribution in [2.45, 2.75) is 6.18 Å². The van der Waals surface area contributed by atoms with E-state index >= 15 is 0 Å². The molecule has 2 nitrogen and oxygen atoms in total. The van der Waals surface area contributed by atoms with Gasteiger partial charge in [0, 0.05) is 12.3 Å². The zero-order valence-electron chi connectivity index (χ0n) is 5.68. The number of aromatic nitrogens is 1. The summed E-state index contributed by atoms with van der Waals surface area (Å²) in [5.41, 5.74) is -1.39. The zero-order valence-corrected chi connectivity index (χ0v) is 6.50. The fourth-order valence-corrected chi connectivity index (χ4v) is 0.587. The van der Waals surface area contributed by atoms with Crippen LogP contribution in [0.2, 0.25) is 0 Å². The summed E-state index contributed by atoms with van der Waals surface area (Å²) < 4.78 is 35.4. The van der Waals surface area contributed by atoms with Gasteiger partial charge in [-0.25, -0.2) is 0 Å². The Balaban J connectivity index is 0.00000121. The van der Waals surface area contributed by atoms with Gasteiger partial charge in [-0.1, -0.05) is 0 Å². The molecule has 0 fully saturated rings. The molecule has 0 unspecified atom stereocenters. The van der Waals surface area contributed by atoms with E-state index in [9.17, 15) is 18.0 Å². The average molecular weight is 200 g/mol. The van der Waals surface area contributed by atoms with Crippen LogP contribution in [0.5, 0.6) is 0 Å². The van der Waals surface area contributed by atoms with Crippen LogP contribution in [0.25, 0.3) is 0 Å². The van der Waals surface area contributed by atoms with E-state index in [1.54, 1.807) is 0 Å². The molecule has 0 bridgehead atoms. The number of halogens is 4. The molecule has 1 rings (SSSR count). The number of hydrogen-bond acceptors (Lipinski definition) is 1. The van der Waals surface area contributed by atoms with Gasteiger partial charge < -0.3 is 4.98 Å². The maximum absolute atomic E-state index is 11.8. The van der Waals surface area contributed by atoms with Crippen molar-refractivity contribution in [3.05, 3.63) is 34.2 Å². The number of rotatable bonds is 0. The van der Waals surface area contributed by atoms with E-state index in [4.69, 9.17) is 0 Å². The van der Waals surface area contributed by atoms with Gasteiger partial charge in [0.25, 0.3) is 0 Å². The zero-order chi connectivity index (χ0) is 8.48. The topological polar surface area (TPSA) is 32.9 Å². The molecule has 0 spiro atoms. The van der Waals surface area contributed by atoms with E-state index in [1.165, 1.54) is 0 Å². The minimum absolute atomic E-state index is 0. The van der Waals surface area contributed by atoms with Crippen LogP contribution in [0.3, 0.4) is 0 Å². The van der Waals surface area contributed by atoms with Crippen molar-refractivity contribution in [3.8, 4) is 0 Å². The number of hydrogen-bond donors (Lipinski definition) is 1. The van der Waals surface area contributed by atoms with Crippen LogP contribution < -0.4 is 5.56 Å². The molecule has 1 N–H and O–H groups in total. The molecule has 0 aliphatic carbocycles. The molecule has 1 aromatic heterocycles. The summed E-state index contributed by atoms with van der Waals surface area (Å²) in [5.74, 6) is 0. The van der Waals surface area contributed by atoms with Crippen molar-refractivity contribution in [3.63, 3.8) is 0 Å². The third kappa shape index (κ3) is 2.58. The lowest BCUT2D eigenvalue weighted by Gasteiger charge is -2.03. The predicted molar refractivity (Wildman–Crippen MR) is 39.3 cm³/mol. The summed E-state index contributed by atoms with van der Waals surface area (Å²) in [6.07, 6.45) is -3.74. The normalized spacial score (nSPS) is 10.6. The van der Waals surface area contributed by atoms with Crippen LogP contribution in [-0.4, -0.2) is 4.98 Å². The van der Waals surface area contributed by atoms with Gasteiger partial charge >= 0.3 is 6.18 Å². The van der Waals surface area contributed by atoms with Crippen molar-refractivity contribution >= 4 is 12.4 Å². The molecule has 0 aliphatic heterocycles. The highest BCUT2D eigenvalue weighted by molar-refractivity contribution is 5.85. The second-order valence-electron chi connectivity index (χ2n) is 1.94. The smallest absolute Gasteiger partial charge is 0.329 e. The van der Waals surface area contributed by atoms with Gasteiger partial charge in [-0.3, -0.25) is 4.79 Å². The number of nitrogens with one attached hydrogen (secondary N) is 1. The average Bonchev–Trinajstić information content (AvgIpc) is 1.86. The first kappa shape index (κ1) is 11.0. The lowest BCUT2D eigenvalue weighted by Crippen LogP contribution is -2.10. The summed E-state index contributed by atoms with van der Waals surface area (Å²) >= 11 is 0. The van der Waals surface area contributed by atoms with E-state index in [0.717, 1.165) is 12.1 Å². The van der Waals surface area contributed by atoms with Crippen LogP contribution in [-0.2, 0) is 6.18 Å². The van der Waals surface area contributed by atoms with Crippen molar-refractivity contribution < 1.29 is 13.2 Å². The first-order valence-electron chi connectivity index (χ1n) is 2.76. The fourth-order valence-electron chi connectivity index (χ4n) is 0.587. The van der Waals surface area contributed by atoms with Crippen LogP contribution in [0.4, 0.5) is 13.2 Å². The Morgan fingerprint density at radius 2 is 1.83 bits per heavy atom. The fraction of sp³-hybridized carbons (Fsp3) is 0.167. The quantitative estimate of drug-likeness (QED) is 0.679. The first-order chi connectivity index (χ1) is 5.00. The van der Waals surface area contributed by atoms with Crippen LogP contribution >= 0.6 is 12.4 Å². The van der Waals surface area contributed by atoms with Gasteiger partial charge in [0.05, 0.1) is 5.56 Å². The Kier molecular flexibility index (Phi) is 3.33. The summed E-state index contributed by atoms with van der Waals surface area (Å²) in [6, 6.07) is 1.57. The predicted octanol–water partition coefficient (Wildman–Crippen LogP) is 1.82. The summed E-state index contributed by atoms with van der Waals surface area (Å²) in [6.45, 7) is 0. The lowest BCUT2D eigenvalue weighted by atomic mass is 10.3. The molecule has 0 amide bonds. The Hall–Kier alpha value is -0.970. The molecule has 0 radical (unpaired) electrons. The largest absolute Gasteiger partial charge is 0.417 e. The van der Waals surface area contributed by atoms with E-state index < -0.39 is 17.3 Å². The van der Waals surface area contributed by atoms with Gasteiger partial charge in [0.15, 0.2) is 0 Å². The molecular weight excluding hydrogens is 195 g/mol. The molecule has 1 aromatic rings. The van der Waals surface area contributed by atoms with Crippen LogP contribution in [0.1, 0.15) is 5.56 Å². The Morgan fingerprint density at radius 3 is 2.17 bits per heavy atom. The monoisotopic (exact) mass is 199 g/mol. The van der Waals surface area contributed by atoms with Gasteiger partial charge in [-0.15, -0.1) is 12.4 Å². The van der Waals surface area contributed by atoms with Crippen molar-refractivity contribution in [2.75, 3.05) is 0 Å². The van der Waals surface area contributed by atoms with Crippen molar-refractivity contribution in [1.29, 1.82) is 0 Å². The summed E-state index contributed by atoms with van der Waals surface area (Å²) in [7, 11) is 0. The molecule has 0 aliphatic rings. The molecule has 0 atom stereocenters. The highest BCUT2D eigenvalue weighted by Crippen LogP contribution is 2.27. The minimum atomic E-state index is -4.38. The Morgan fingerprint density at radius 1 is 1.25 bits per heavy atom. The molecule has 0 aromatic carbocycles. The van der Waals surface area contributed by atoms with Gasteiger partial charge in [-0.05, 0) is 6.07 Å². The van der Waals surface area contributed by atoms with E-state index in [-0.39, 0.29) is 12.4 Å². The van der Waals surface area contributed by atoms with Gasteiger partial charge in [-0.2, -0.15) is 13.2 Å². The Bertz CT molecular complexity index is 286. The molecule has 1 heterocycles.